The van der Waals surface area contributed by atoms with Crippen LogP contribution in [-0.4, -0.2) is 26.9 Å². The molecule has 0 spiro atoms. The van der Waals surface area contributed by atoms with Crippen LogP contribution >= 0.6 is 30.1 Å². The fraction of sp³-hybridized carbons (Fsp3) is 1.00. The molecule has 0 aromatic heterocycles. The molecule has 0 radical (unpaired) electrons. The molecule has 0 heterocycles. The van der Waals surface area contributed by atoms with Crippen LogP contribution in [0.4, 0.5) is 0 Å². The molecular weight excluding hydrogens is 279 g/mol. The Balaban J connectivity index is 3.87. The van der Waals surface area contributed by atoms with E-state index in [0.717, 1.165) is 15.7 Å². The molecule has 0 aromatic carbocycles. The van der Waals surface area contributed by atoms with Crippen LogP contribution in [0.15, 0.2) is 0 Å². The minimum absolute atomic E-state index is 0.726. The molecule has 0 aliphatic rings. The van der Waals surface area contributed by atoms with E-state index in [0.29, 0.717) is 0 Å². The predicted molar refractivity (Wildman–Crippen MR) is 73.9 cm³/mol. The molecule has 13 heavy (non-hydrogen) atoms. The van der Waals surface area contributed by atoms with E-state index < -0.39 is 11.2 Å². The zero-order valence-corrected chi connectivity index (χ0v) is 13.7. The zero-order valence-electron chi connectivity index (χ0n) is 9.40. The average molecular weight is 300 g/mol. The average Bonchev–Trinajstić information content (AvgIpc) is 1.80. The zero-order chi connectivity index (χ0) is 10.4. The first-order valence-electron chi connectivity index (χ1n) is 4.72. The maximum atomic E-state index is 2.31. The van der Waals surface area contributed by atoms with Crippen molar-refractivity contribution in [3.8, 4) is 0 Å². The van der Waals surface area contributed by atoms with Crippen molar-refractivity contribution < 1.29 is 0 Å². The summed E-state index contributed by atoms with van der Waals surface area (Å²) in [6.07, 6.45) is 0. The van der Waals surface area contributed by atoms with Crippen LogP contribution < -0.4 is 0 Å². The molecule has 0 saturated heterocycles. The van der Waals surface area contributed by atoms with Crippen molar-refractivity contribution >= 4 is 41.3 Å². The van der Waals surface area contributed by atoms with Crippen LogP contribution in [0.3, 0.4) is 0 Å². The van der Waals surface area contributed by atoms with Crippen molar-refractivity contribution in [2.75, 3.05) is 0 Å². The van der Waals surface area contributed by atoms with Gasteiger partial charge in [0, 0.05) is 0 Å². The van der Waals surface area contributed by atoms with Crippen molar-refractivity contribution in [3.05, 3.63) is 0 Å². The molecule has 0 unspecified atom stereocenters. The van der Waals surface area contributed by atoms with E-state index in [-0.39, 0.29) is 0 Å². The molecular formula is C9H21AsS3. The van der Waals surface area contributed by atoms with Gasteiger partial charge in [0.25, 0.3) is 0 Å². The molecule has 0 N–H and O–H groups in total. The molecule has 0 amide bonds. The quantitative estimate of drug-likeness (QED) is 0.667. The third kappa shape index (κ3) is 9.90. The monoisotopic (exact) mass is 300 g/mol. The van der Waals surface area contributed by atoms with Crippen molar-refractivity contribution in [2.45, 2.75) is 57.3 Å². The Labute approximate surface area is 98.0 Å². The SMILES string of the molecule is CC(C)S[As](SC(C)C)SC(C)C. The van der Waals surface area contributed by atoms with Gasteiger partial charge in [-0.15, -0.1) is 0 Å². The summed E-state index contributed by atoms with van der Waals surface area (Å²) in [6.45, 7) is 13.9. The summed E-state index contributed by atoms with van der Waals surface area (Å²) < 4.78 is 0. The van der Waals surface area contributed by atoms with E-state index in [4.69, 9.17) is 0 Å². The number of hydrogen-bond donors (Lipinski definition) is 0. The fourth-order valence-electron chi connectivity index (χ4n) is 0.591. The summed E-state index contributed by atoms with van der Waals surface area (Å²) in [4.78, 5) is 0. The molecule has 0 atom stereocenters. The van der Waals surface area contributed by atoms with E-state index in [1.165, 1.54) is 0 Å². The standard InChI is InChI=1S/C9H21AsS3/c1-7(2)11-10(12-8(3)4)13-9(5)6/h7-9H,1-6H3. The molecule has 0 aliphatic heterocycles. The molecule has 0 bridgehead atoms. The van der Waals surface area contributed by atoms with Crippen molar-refractivity contribution in [3.63, 3.8) is 0 Å². The van der Waals surface area contributed by atoms with Crippen LogP contribution in [0, 0.1) is 0 Å². The first kappa shape index (κ1) is 14.6. The van der Waals surface area contributed by atoms with Crippen LogP contribution in [0.1, 0.15) is 41.5 Å². The Bertz CT molecular complexity index is 102. The van der Waals surface area contributed by atoms with E-state index in [1.54, 1.807) is 0 Å². The Morgan fingerprint density at radius 2 is 0.846 bits per heavy atom. The first-order valence-corrected chi connectivity index (χ1v) is 14.1. The van der Waals surface area contributed by atoms with E-state index in [1.807, 2.05) is 0 Å². The molecule has 0 rings (SSSR count). The molecule has 80 valence electrons. The minimum atomic E-state index is -0.726. The topological polar surface area (TPSA) is 0 Å². The fourth-order valence-corrected chi connectivity index (χ4v) is 27.6. The van der Waals surface area contributed by atoms with Gasteiger partial charge in [0.2, 0.25) is 0 Å². The molecule has 4 heteroatoms. The van der Waals surface area contributed by atoms with Crippen LogP contribution in [0.5, 0.6) is 0 Å². The van der Waals surface area contributed by atoms with Gasteiger partial charge in [-0.2, -0.15) is 0 Å². The third-order valence-electron chi connectivity index (χ3n) is 0.891. The Hall–Kier alpha value is 1.61. The van der Waals surface area contributed by atoms with Gasteiger partial charge in [-0.25, -0.2) is 0 Å². The summed E-state index contributed by atoms with van der Waals surface area (Å²) in [6, 6.07) is 0. The van der Waals surface area contributed by atoms with Crippen molar-refractivity contribution in [1.82, 2.24) is 0 Å². The molecule has 0 nitrogen and oxygen atoms in total. The van der Waals surface area contributed by atoms with Gasteiger partial charge >= 0.3 is 98.5 Å². The van der Waals surface area contributed by atoms with Crippen LogP contribution in [0.25, 0.3) is 0 Å². The Morgan fingerprint density at radius 3 is 1.00 bits per heavy atom. The van der Waals surface area contributed by atoms with Gasteiger partial charge in [-0.3, -0.25) is 0 Å². The van der Waals surface area contributed by atoms with E-state index in [2.05, 4.69) is 71.6 Å². The predicted octanol–water partition coefficient (Wildman–Crippen LogP) is 4.40. The van der Waals surface area contributed by atoms with E-state index in [9.17, 15) is 0 Å². The van der Waals surface area contributed by atoms with Gasteiger partial charge in [-0.05, 0) is 0 Å². The summed E-state index contributed by atoms with van der Waals surface area (Å²) in [5, 5.41) is 2.41. The number of rotatable bonds is 6. The van der Waals surface area contributed by atoms with Crippen molar-refractivity contribution in [2.24, 2.45) is 0 Å². The third-order valence-corrected chi connectivity index (χ3v) is 21.9. The first-order chi connectivity index (χ1) is 5.91. The Morgan fingerprint density at radius 1 is 0.615 bits per heavy atom. The second kappa shape index (κ2) is 7.84. The van der Waals surface area contributed by atoms with Crippen molar-refractivity contribution in [1.29, 1.82) is 0 Å². The Kier molecular flexibility index (Phi) is 8.81. The van der Waals surface area contributed by atoms with Gasteiger partial charge < -0.3 is 0 Å². The van der Waals surface area contributed by atoms with Gasteiger partial charge in [0.1, 0.15) is 0 Å². The molecule has 0 fully saturated rings. The second-order valence-corrected chi connectivity index (χ2v) is 21.4. The normalized spacial score (nSPS) is 12.5. The molecule has 0 aromatic rings. The summed E-state index contributed by atoms with van der Waals surface area (Å²) in [5.41, 5.74) is 0. The number of hydrogen-bond acceptors (Lipinski definition) is 3. The van der Waals surface area contributed by atoms with Crippen LogP contribution in [-0.2, 0) is 0 Å². The van der Waals surface area contributed by atoms with E-state index >= 15 is 0 Å². The maximum absolute atomic E-state index is 2.31. The molecule has 0 aliphatic carbocycles. The van der Waals surface area contributed by atoms with Gasteiger partial charge in [0.15, 0.2) is 0 Å². The van der Waals surface area contributed by atoms with Gasteiger partial charge in [-0.1, -0.05) is 0 Å². The summed E-state index contributed by atoms with van der Waals surface area (Å²) >= 11 is -0.726. The second-order valence-electron chi connectivity index (χ2n) is 3.69. The van der Waals surface area contributed by atoms with Gasteiger partial charge in [0.05, 0.1) is 0 Å². The summed E-state index contributed by atoms with van der Waals surface area (Å²) in [5.74, 6) is 0. The summed E-state index contributed by atoms with van der Waals surface area (Å²) in [7, 11) is 6.68. The molecule has 0 saturated carbocycles. The van der Waals surface area contributed by atoms with Crippen LogP contribution in [0.2, 0.25) is 0 Å².